The van der Waals surface area contributed by atoms with Gasteiger partial charge in [0.05, 0.1) is 30.0 Å². The molecule has 1 aliphatic heterocycles. The quantitative estimate of drug-likeness (QED) is 0.729. The molecule has 1 N–H and O–H groups in total. The number of halogens is 1. The Morgan fingerprint density at radius 2 is 2.25 bits per heavy atom. The lowest BCUT2D eigenvalue weighted by molar-refractivity contribution is 0.138. The minimum absolute atomic E-state index is 0.0241. The van der Waals surface area contributed by atoms with Crippen molar-refractivity contribution < 1.29 is 13.9 Å². The summed E-state index contributed by atoms with van der Waals surface area (Å²) in [5, 5.41) is 13.3. The predicted octanol–water partition coefficient (Wildman–Crippen LogP) is 3.73. The predicted molar refractivity (Wildman–Crippen MR) is 103 cm³/mol. The molecule has 1 saturated heterocycles. The largest absolute Gasteiger partial charge is 0.472 e. The number of aryl methyl sites for hydroxylation is 1. The first-order chi connectivity index (χ1) is 13.6. The van der Waals surface area contributed by atoms with E-state index >= 15 is 0 Å². The van der Waals surface area contributed by atoms with E-state index in [1.165, 1.54) is 18.3 Å². The lowest BCUT2D eigenvalue weighted by Crippen LogP contribution is -2.16. The van der Waals surface area contributed by atoms with Crippen LogP contribution in [-0.2, 0) is 11.3 Å². The van der Waals surface area contributed by atoms with Gasteiger partial charge < -0.3 is 14.8 Å². The number of hydrogen-bond acceptors (Lipinski definition) is 6. The minimum Gasteiger partial charge on any atom is -0.472 e. The average Bonchev–Trinajstić information content (AvgIpc) is 3.19. The maximum Gasteiger partial charge on any atom is 0.213 e. The maximum absolute atomic E-state index is 13.9. The van der Waals surface area contributed by atoms with E-state index in [2.05, 4.69) is 21.4 Å². The van der Waals surface area contributed by atoms with Crippen molar-refractivity contribution in [3.05, 3.63) is 59.2 Å². The number of aromatic nitrogens is 2. The van der Waals surface area contributed by atoms with Gasteiger partial charge in [0.25, 0.3) is 0 Å². The van der Waals surface area contributed by atoms with Crippen molar-refractivity contribution in [2.24, 2.45) is 0 Å². The third kappa shape index (κ3) is 3.73. The summed E-state index contributed by atoms with van der Waals surface area (Å²) in [5.74, 6) is 0.181. The first kappa shape index (κ1) is 18.1. The molecule has 1 unspecified atom stereocenters. The summed E-state index contributed by atoms with van der Waals surface area (Å²) in [6, 6.07) is 8.68. The van der Waals surface area contributed by atoms with E-state index in [1.54, 1.807) is 13.1 Å². The Morgan fingerprint density at radius 3 is 3.04 bits per heavy atom. The number of pyridine rings is 2. The second-order valence-corrected chi connectivity index (χ2v) is 6.74. The number of fused-ring (bicyclic) bond motifs is 1. The summed E-state index contributed by atoms with van der Waals surface area (Å²) >= 11 is 0. The first-order valence-electron chi connectivity index (χ1n) is 9.06. The third-order valence-electron chi connectivity index (χ3n) is 4.69. The topological polar surface area (TPSA) is 80.1 Å². The molecular weight excluding hydrogens is 359 g/mol. The first-order valence-corrected chi connectivity index (χ1v) is 9.06. The van der Waals surface area contributed by atoms with Gasteiger partial charge in [-0.15, -0.1) is 0 Å². The molecule has 28 heavy (non-hydrogen) atoms. The van der Waals surface area contributed by atoms with Crippen LogP contribution in [0.25, 0.3) is 10.9 Å². The van der Waals surface area contributed by atoms with Gasteiger partial charge in [-0.1, -0.05) is 0 Å². The molecule has 6 nitrogen and oxygen atoms in total. The standard InChI is InChI=1S/C21H19FN4O2/c1-13-6-16(22)8-18-20(13)26-11-15(9-23)21(18)25-10-14-2-4-24-19(7-14)28-17-3-5-27-12-17/h2,4,6-8,11,17H,3,5,10,12H2,1H3,(H,25,26). The summed E-state index contributed by atoms with van der Waals surface area (Å²) in [5.41, 5.74) is 3.26. The van der Waals surface area contributed by atoms with Gasteiger partial charge >= 0.3 is 0 Å². The van der Waals surface area contributed by atoms with Crippen molar-refractivity contribution in [2.45, 2.75) is 26.0 Å². The zero-order chi connectivity index (χ0) is 19.5. The summed E-state index contributed by atoms with van der Waals surface area (Å²) < 4.78 is 25.1. The van der Waals surface area contributed by atoms with Crippen molar-refractivity contribution >= 4 is 16.6 Å². The molecule has 0 bridgehead atoms. The van der Waals surface area contributed by atoms with Crippen LogP contribution in [0.4, 0.5) is 10.1 Å². The van der Waals surface area contributed by atoms with Gasteiger partial charge in [-0.25, -0.2) is 9.37 Å². The van der Waals surface area contributed by atoms with Gasteiger partial charge in [0.1, 0.15) is 18.0 Å². The van der Waals surface area contributed by atoms with Crippen LogP contribution in [0.2, 0.25) is 0 Å². The van der Waals surface area contributed by atoms with Crippen LogP contribution in [0.1, 0.15) is 23.1 Å². The molecule has 0 saturated carbocycles. The fourth-order valence-electron chi connectivity index (χ4n) is 3.30. The highest BCUT2D eigenvalue weighted by molar-refractivity contribution is 5.95. The summed E-state index contributed by atoms with van der Waals surface area (Å²) in [4.78, 5) is 8.56. The van der Waals surface area contributed by atoms with Gasteiger partial charge in [0, 0.05) is 36.8 Å². The van der Waals surface area contributed by atoms with E-state index in [-0.39, 0.29) is 11.9 Å². The maximum atomic E-state index is 13.9. The Balaban J connectivity index is 1.59. The molecule has 3 aromatic rings. The van der Waals surface area contributed by atoms with Crippen LogP contribution in [0.3, 0.4) is 0 Å². The van der Waals surface area contributed by atoms with E-state index in [0.29, 0.717) is 47.8 Å². The van der Waals surface area contributed by atoms with Crippen molar-refractivity contribution in [1.29, 1.82) is 5.26 Å². The Bertz CT molecular complexity index is 1060. The van der Waals surface area contributed by atoms with Gasteiger partial charge in [-0.05, 0) is 36.2 Å². The highest BCUT2D eigenvalue weighted by atomic mass is 19.1. The third-order valence-corrected chi connectivity index (χ3v) is 4.69. The molecule has 1 fully saturated rings. The smallest absolute Gasteiger partial charge is 0.213 e. The van der Waals surface area contributed by atoms with Gasteiger partial charge in [0.2, 0.25) is 5.88 Å². The monoisotopic (exact) mass is 378 g/mol. The van der Waals surface area contributed by atoms with Gasteiger partial charge in [0.15, 0.2) is 0 Å². The average molecular weight is 378 g/mol. The Hall–Kier alpha value is -3.24. The second-order valence-electron chi connectivity index (χ2n) is 6.74. The fraction of sp³-hybridized carbons (Fsp3) is 0.286. The van der Waals surface area contributed by atoms with E-state index in [1.807, 2.05) is 12.1 Å². The number of rotatable bonds is 5. The highest BCUT2D eigenvalue weighted by Crippen LogP contribution is 2.29. The molecule has 0 amide bonds. The number of anilines is 1. The van der Waals surface area contributed by atoms with Crippen molar-refractivity contribution in [3.63, 3.8) is 0 Å². The zero-order valence-corrected chi connectivity index (χ0v) is 15.4. The highest BCUT2D eigenvalue weighted by Gasteiger charge is 2.18. The summed E-state index contributed by atoms with van der Waals surface area (Å²) in [6.07, 6.45) is 4.07. The Kier molecular flexibility index (Phi) is 5.04. The molecule has 142 valence electrons. The molecular formula is C21H19FN4O2. The lowest BCUT2D eigenvalue weighted by atomic mass is 10.1. The number of nitriles is 1. The number of nitrogens with one attached hydrogen (secondary N) is 1. The van der Waals surface area contributed by atoms with Gasteiger partial charge in [-0.2, -0.15) is 5.26 Å². The Morgan fingerprint density at radius 1 is 1.36 bits per heavy atom. The Labute approximate surface area is 161 Å². The molecule has 2 aromatic heterocycles. The lowest BCUT2D eigenvalue weighted by Gasteiger charge is -2.14. The zero-order valence-electron chi connectivity index (χ0n) is 15.4. The van der Waals surface area contributed by atoms with E-state index < -0.39 is 0 Å². The van der Waals surface area contributed by atoms with E-state index in [0.717, 1.165) is 17.5 Å². The van der Waals surface area contributed by atoms with Crippen LogP contribution >= 0.6 is 0 Å². The number of nitrogens with zero attached hydrogens (tertiary/aromatic N) is 3. The number of benzene rings is 1. The molecule has 3 heterocycles. The van der Waals surface area contributed by atoms with Crippen molar-refractivity contribution in [2.75, 3.05) is 18.5 Å². The SMILES string of the molecule is Cc1cc(F)cc2c(NCc3ccnc(OC4CCOC4)c3)c(C#N)cnc12. The molecule has 0 radical (unpaired) electrons. The summed E-state index contributed by atoms with van der Waals surface area (Å²) in [6.45, 7) is 3.51. The molecule has 1 aromatic carbocycles. The van der Waals surface area contributed by atoms with Crippen LogP contribution in [-0.4, -0.2) is 29.3 Å². The van der Waals surface area contributed by atoms with Crippen LogP contribution in [0, 0.1) is 24.1 Å². The second kappa shape index (κ2) is 7.79. The molecule has 4 rings (SSSR count). The van der Waals surface area contributed by atoms with Crippen LogP contribution in [0.15, 0.2) is 36.7 Å². The normalized spacial score (nSPS) is 16.1. The number of hydrogen-bond donors (Lipinski definition) is 1. The van der Waals surface area contributed by atoms with Crippen molar-refractivity contribution in [1.82, 2.24) is 9.97 Å². The molecule has 0 spiro atoms. The van der Waals surface area contributed by atoms with Gasteiger partial charge in [-0.3, -0.25) is 4.98 Å². The van der Waals surface area contributed by atoms with Crippen molar-refractivity contribution in [3.8, 4) is 11.9 Å². The number of ether oxygens (including phenoxy) is 2. The molecule has 1 aliphatic rings. The minimum atomic E-state index is -0.358. The van der Waals surface area contributed by atoms with E-state index in [9.17, 15) is 9.65 Å². The van der Waals surface area contributed by atoms with Crippen LogP contribution in [0.5, 0.6) is 5.88 Å². The molecule has 1 atom stereocenters. The summed E-state index contributed by atoms with van der Waals surface area (Å²) in [7, 11) is 0. The fourth-order valence-corrected chi connectivity index (χ4v) is 3.30. The molecule has 7 heteroatoms. The van der Waals surface area contributed by atoms with E-state index in [4.69, 9.17) is 9.47 Å². The molecule has 0 aliphatic carbocycles. The van der Waals surface area contributed by atoms with Crippen LogP contribution < -0.4 is 10.1 Å².